The lowest BCUT2D eigenvalue weighted by atomic mass is 10.00. The standard InChI is InChI=1S/C10H11BrFNS/c11-7-1-2-8(12)6-5-14-4-3-9(13)10(6)7/h1-2,9H,3-5,13H2/t9-/m1/s1. The van der Waals surface area contributed by atoms with Crippen molar-refractivity contribution in [3.8, 4) is 0 Å². The van der Waals surface area contributed by atoms with Crippen molar-refractivity contribution >= 4 is 27.7 Å². The van der Waals surface area contributed by atoms with Crippen LogP contribution in [-0.2, 0) is 5.75 Å². The molecule has 0 aromatic heterocycles. The van der Waals surface area contributed by atoms with Gasteiger partial charge in [-0.2, -0.15) is 11.8 Å². The minimum Gasteiger partial charge on any atom is -0.324 e. The average molecular weight is 276 g/mol. The van der Waals surface area contributed by atoms with Gasteiger partial charge < -0.3 is 5.73 Å². The van der Waals surface area contributed by atoms with Crippen LogP contribution in [0.3, 0.4) is 0 Å². The molecule has 0 radical (unpaired) electrons. The van der Waals surface area contributed by atoms with E-state index in [1.54, 1.807) is 17.8 Å². The van der Waals surface area contributed by atoms with E-state index in [9.17, 15) is 4.39 Å². The predicted octanol–water partition coefficient (Wildman–Crippen LogP) is 3.22. The molecule has 2 rings (SSSR count). The fraction of sp³-hybridized carbons (Fsp3) is 0.400. The second kappa shape index (κ2) is 4.21. The quantitative estimate of drug-likeness (QED) is 0.787. The largest absolute Gasteiger partial charge is 0.324 e. The van der Waals surface area contributed by atoms with Crippen LogP contribution in [0.15, 0.2) is 16.6 Å². The van der Waals surface area contributed by atoms with Crippen LogP contribution in [0.4, 0.5) is 4.39 Å². The normalized spacial score (nSPS) is 21.5. The molecule has 0 saturated heterocycles. The van der Waals surface area contributed by atoms with Gasteiger partial charge in [0.1, 0.15) is 5.82 Å². The van der Waals surface area contributed by atoms with Crippen LogP contribution in [0.1, 0.15) is 23.6 Å². The van der Waals surface area contributed by atoms with Gasteiger partial charge in [-0.15, -0.1) is 0 Å². The second-order valence-electron chi connectivity index (χ2n) is 3.37. The Balaban J connectivity index is 2.57. The van der Waals surface area contributed by atoms with E-state index in [-0.39, 0.29) is 11.9 Å². The van der Waals surface area contributed by atoms with E-state index >= 15 is 0 Å². The van der Waals surface area contributed by atoms with E-state index < -0.39 is 0 Å². The molecule has 1 aromatic carbocycles. The first-order valence-electron chi connectivity index (χ1n) is 4.50. The summed E-state index contributed by atoms with van der Waals surface area (Å²) in [7, 11) is 0. The molecule has 0 spiro atoms. The Morgan fingerprint density at radius 1 is 1.50 bits per heavy atom. The molecule has 1 heterocycles. The van der Waals surface area contributed by atoms with Crippen LogP contribution >= 0.6 is 27.7 Å². The SMILES string of the molecule is N[C@@H]1CCSCc2c(F)ccc(Br)c21. The monoisotopic (exact) mass is 275 g/mol. The summed E-state index contributed by atoms with van der Waals surface area (Å²) in [4.78, 5) is 0. The number of hydrogen-bond donors (Lipinski definition) is 1. The van der Waals surface area contributed by atoms with Gasteiger partial charge in [-0.05, 0) is 29.9 Å². The molecule has 0 bridgehead atoms. The molecule has 0 saturated carbocycles. The number of thioether (sulfide) groups is 1. The third kappa shape index (κ3) is 1.83. The Morgan fingerprint density at radius 3 is 3.07 bits per heavy atom. The van der Waals surface area contributed by atoms with Crippen molar-refractivity contribution in [3.63, 3.8) is 0 Å². The Labute approximate surface area is 95.4 Å². The third-order valence-corrected chi connectivity index (χ3v) is 4.15. The van der Waals surface area contributed by atoms with Crippen molar-refractivity contribution in [2.75, 3.05) is 5.75 Å². The van der Waals surface area contributed by atoms with Crippen molar-refractivity contribution < 1.29 is 4.39 Å². The second-order valence-corrected chi connectivity index (χ2v) is 5.33. The number of hydrogen-bond acceptors (Lipinski definition) is 2. The van der Waals surface area contributed by atoms with Gasteiger partial charge in [-0.3, -0.25) is 0 Å². The van der Waals surface area contributed by atoms with E-state index in [1.807, 2.05) is 0 Å². The zero-order valence-corrected chi connectivity index (χ0v) is 10.00. The van der Waals surface area contributed by atoms with Gasteiger partial charge in [-0.1, -0.05) is 15.9 Å². The summed E-state index contributed by atoms with van der Waals surface area (Å²) in [6, 6.07) is 3.20. The van der Waals surface area contributed by atoms with E-state index in [0.29, 0.717) is 0 Å². The van der Waals surface area contributed by atoms with Gasteiger partial charge in [0, 0.05) is 21.8 Å². The van der Waals surface area contributed by atoms with Crippen molar-refractivity contribution in [1.29, 1.82) is 0 Å². The maximum atomic E-state index is 13.5. The van der Waals surface area contributed by atoms with Gasteiger partial charge in [0.05, 0.1) is 0 Å². The van der Waals surface area contributed by atoms with Crippen LogP contribution < -0.4 is 5.73 Å². The van der Waals surface area contributed by atoms with Crippen molar-refractivity contribution in [1.82, 2.24) is 0 Å². The molecule has 0 unspecified atom stereocenters. The molecule has 1 atom stereocenters. The Kier molecular flexibility index (Phi) is 3.14. The van der Waals surface area contributed by atoms with Crippen LogP contribution in [0.2, 0.25) is 0 Å². The van der Waals surface area contributed by atoms with Crippen molar-refractivity contribution in [2.24, 2.45) is 5.73 Å². The summed E-state index contributed by atoms with van der Waals surface area (Å²) in [6.45, 7) is 0. The zero-order chi connectivity index (χ0) is 10.1. The first-order chi connectivity index (χ1) is 6.70. The van der Waals surface area contributed by atoms with Gasteiger partial charge in [-0.25, -0.2) is 4.39 Å². The molecule has 4 heteroatoms. The molecule has 14 heavy (non-hydrogen) atoms. The number of fused-ring (bicyclic) bond motifs is 1. The van der Waals surface area contributed by atoms with E-state index in [2.05, 4.69) is 15.9 Å². The zero-order valence-electron chi connectivity index (χ0n) is 7.59. The van der Waals surface area contributed by atoms with E-state index in [1.165, 1.54) is 6.07 Å². The lowest BCUT2D eigenvalue weighted by molar-refractivity contribution is 0.605. The fourth-order valence-corrected chi connectivity index (χ4v) is 3.41. The first-order valence-corrected chi connectivity index (χ1v) is 6.45. The lowest BCUT2D eigenvalue weighted by Gasteiger charge is -2.14. The summed E-state index contributed by atoms with van der Waals surface area (Å²) in [5.41, 5.74) is 7.73. The van der Waals surface area contributed by atoms with Crippen LogP contribution in [0.25, 0.3) is 0 Å². The maximum absolute atomic E-state index is 13.5. The van der Waals surface area contributed by atoms with Gasteiger partial charge >= 0.3 is 0 Å². The highest BCUT2D eigenvalue weighted by Gasteiger charge is 2.20. The molecule has 1 aromatic rings. The number of rotatable bonds is 0. The van der Waals surface area contributed by atoms with Crippen molar-refractivity contribution in [2.45, 2.75) is 18.2 Å². The molecule has 76 valence electrons. The number of benzene rings is 1. The minimum atomic E-state index is -0.131. The topological polar surface area (TPSA) is 26.0 Å². The van der Waals surface area contributed by atoms with Crippen LogP contribution in [-0.4, -0.2) is 5.75 Å². The van der Waals surface area contributed by atoms with Crippen LogP contribution in [0, 0.1) is 5.82 Å². The highest BCUT2D eigenvalue weighted by molar-refractivity contribution is 9.10. The number of nitrogens with two attached hydrogens (primary N) is 1. The average Bonchev–Trinajstić information content (AvgIpc) is 2.35. The summed E-state index contributed by atoms with van der Waals surface area (Å²) < 4.78 is 14.4. The van der Waals surface area contributed by atoms with E-state index in [0.717, 1.165) is 33.5 Å². The molecule has 0 fully saturated rings. The molecule has 1 nitrogen and oxygen atoms in total. The smallest absolute Gasteiger partial charge is 0.127 e. The fourth-order valence-electron chi connectivity index (χ4n) is 1.69. The first kappa shape index (κ1) is 10.5. The van der Waals surface area contributed by atoms with Crippen LogP contribution in [0.5, 0.6) is 0 Å². The van der Waals surface area contributed by atoms with Gasteiger partial charge in [0.15, 0.2) is 0 Å². The highest BCUT2D eigenvalue weighted by Crippen LogP contribution is 2.35. The Hall–Kier alpha value is -0.0600. The Morgan fingerprint density at radius 2 is 2.29 bits per heavy atom. The molecule has 2 N–H and O–H groups in total. The molecule has 0 amide bonds. The summed E-state index contributed by atoms with van der Waals surface area (Å²) in [6.07, 6.45) is 0.916. The van der Waals surface area contributed by atoms with E-state index in [4.69, 9.17) is 5.73 Å². The van der Waals surface area contributed by atoms with Gasteiger partial charge in [0.2, 0.25) is 0 Å². The summed E-state index contributed by atoms with van der Waals surface area (Å²) >= 11 is 5.18. The number of halogens is 2. The lowest BCUT2D eigenvalue weighted by Crippen LogP contribution is -2.13. The molecule has 1 aliphatic heterocycles. The summed E-state index contributed by atoms with van der Waals surface area (Å²) in [5, 5.41) is 0. The minimum absolute atomic E-state index is 0.0370. The third-order valence-electron chi connectivity index (χ3n) is 2.44. The molecular weight excluding hydrogens is 265 g/mol. The summed E-state index contributed by atoms with van der Waals surface area (Å²) in [5.74, 6) is 1.60. The molecule has 0 aliphatic carbocycles. The van der Waals surface area contributed by atoms with Crippen molar-refractivity contribution in [3.05, 3.63) is 33.5 Å². The molecular formula is C10H11BrFNS. The highest BCUT2D eigenvalue weighted by atomic mass is 79.9. The Bertz CT molecular complexity index is 356. The maximum Gasteiger partial charge on any atom is 0.127 e. The molecule has 1 aliphatic rings. The van der Waals surface area contributed by atoms with Gasteiger partial charge in [0.25, 0.3) is 0 Å². The predicted molar refractivity (Wildman–Crippen MR) is 61.8 cm³/mol.